The first kappa shape index (κ1) is 14.1. The molecule has 0 aliphatic heterocycles. The third kappa shape index (κ3) is 3.56. The van der Waals surface area contributed by atoms with E-state index in [2.05, 4.69) is 21.2 Å². The van der Waals surface area contributed by atoms with Crippen molar-refractivity contribution in [3.05, 3.63) is 63.6 Å². The van der Waals surface area contributed by atoms with E-state index in [1.54, 1.807) is 18.2 Å². The van der Waals surface area contributed by atoms with E-state index >= 15 is 0 Å². The van der Waals surface area contributed by atoms with Gasteiger partial charge in [-0.2, -0.15) is 0 Å². The second-order valence-electron chi connectivity index (χ2n) is 4.00. The van der Waals surface area contributed by atoms with Gasteiger partial charge < -0.3 is 11.1 Å². The van der Waals surface area contributed by atoms with Crippen molar-refractivity contribution >= 4 is 39.1 Å². The van der Waals surface area contributed by atoms with E-state index in [0.717, 1.165) is 5.56 Å². The van der Waals surface area contributed by atoms with Crippen molar-refractivity contribution in [1.29, 1.82) is 0 Å². The van der Waals surface area contributed by atoms with Crippen molar-refractivity contribution in [2.45, 2.75) is 6.04 Å². The van der Waals surface area contributed by atoms with Crippen LogP contribution in [0.2, 0.25) is 5.02 Å². The average Bonchev–Trinajstić information content (AvgIpc) is 2.42. The molecule has 0 radical (unpaired) electrons. The number of rotatable bonds is 3. The Kier molecular flexibility index (Phi) is 4.58. The fourth-order valence-electron chi connectivity index (χ4n) is 1.61. The molecule has 2 rings (SSSR count). The predicted octanol–water partition coefficient (Wildman–Crippen LogP) is 3.74. The molecule has 0 heterocycles. The van der Waals surface area contributed by atoms with Crippen LogP contribution >= 0.6 is 27.5 Å². The summed E-state index contributed by atoms with van der Waals surface area (Å²) in [5, 5.41) is 3.36. The van der Waals surface area contributed by atoms with Crippen LogP contribution in [0.25, 0.3) is 0 Å². The summed E-state index contributed by atoms with van der Waals surface area (Å²) in [5.41, 5.74) is 7.32. The Morgan fingerprint density at radius 3 is 2.53 bits per heavy atom. The summed E-state index contributed by atoms with van der Waals surface area (Å²) in [7, 11) is 0. The predicted molar refractivity (Wildman–Crippen MR) is 81.2 cm³/mol. The monoisotopic (exact) mass is 338 g/mol. The van der Waals surface area contributed by atoms with Gasteiger partial charge in [0, 0.05) is 9.50 Å². The van der Waals surface area contributed by atoms with Crippen LogP contribution in [0.1, 0.15) is 11.6 Å². The number of benzene rings is 2. The van der Waals surface area contributed by atoms with E-state index < -0.39 is 6.04 Å². The summed E-state index contributed by atoms with van der Waals surface area (Å²) in [4.78, 5) is 12.1. The van der Waals surface area contributed by atoms with Crippen LogP contribution in [0.3, 0.4) is 0 Å². The molecular formula is C14H12BrClN2O. The first-order valence-corrected chi connectivity index (χ1v) is 6.81. The van der Waals surface area contributed by atoms with Crippen molar-refractivity contribution in [2.24, 2.45) is 5.73 Å². The zero-order valence-electron chi connectivity index (χ0n) is 9.94. The lowest BCUT2D eigenvalue weighted by Gasteiger charge is -2.13. The van der Waals surface area contributed by atoms with Gasteiger partial charge in [0.25, 0.3) is 0 Å². The highest BCUT2D eigenvalue weighted by Gasteiger charge is 2.16. The van der Waals surface area contributed by atoms with Gasteiger partial charge in [0.15, 0.2) is 0 Å². The Hall–Kier alpha value is -1.36. The molecule has 19 heavy (non-hydrogen) atoms. The van der Waals surface area contributed by atoms with E-state index in [4.69, 9.17) is 17.3 Å². The maximum Gasteiger partial charge on any atom is 0.245 e. The highest BCUT2D eigenvalue weighted by Crippen LogP contribution is 2.26. The first-order chi connectivity index (χ1) is 9.08. The number of nitrogens with one attached hydrogen (secondary N) is 1. The maximum absolute atomic E-state index is 12.1. The zero-order chi connectivity index (χ0) is 13.8. The van der Waals surface area contributed by atoms with E-state index in [-0.39, 0.29) is 5.91 Å². The average molecular weight is 340 g/mol. The number of carbonyl (C=O) groups excluding carboxylic acids is 1. The lowest BCUT2D eigenvalue weighted by atomic mass is 10.1. The van der Waals surface area contributed by atoms with Crippen LogP contribution in [0, 0.1) is 0 Å². The fourth-order valence-corrected chi connectivity index (χ4v) is 2.39. The summed E-state index contributed by atoms with van der Waals surface area (Å²) in [5.74, 6) is -0.269. The minimum Gasteiger partial charge on any atom is -0.323 e. The van der Waals surface area contributed by atoms with Crippen LogP contribution in [-0.4, -0.2) is 5.91 Å². The Labute approximate surface area is 124 Å². The number of halogens is 2. The number of hydrogen-bond donors (Lipinski definition) is 2. The Balaban J connectivity index is 2.13. The van der Waals surface area contributed by atoms with E-state index in [1.165, 1.54) is 0 Å². The van der Waals surface area contributed by atoms with E-state index in [9.17, 15) is 4.79 Å². The van der Waals surface area contributed by atoms with Crippen LogP contribution < -0.4 is 11.1 Å². The third-order valence-electron chi connectivity index (χ3n) is 2.63. The molecule has 1 atom stereocenters. The van der Waals surface area contributed by atoms with Crippen molar-refractivity contribution in [3.63, 3.8) is 0 Å². The standard InChI is InChI=1S/C14H12BrClN2O/c15-11-8-10(16)6-7-12(11)18-14(19)13(17)9-4-2-1-3-5-9/h1-8,13H,17H2,(H,18,19)/t13-/m0/s1. The van der Waals surface area contributed by atoms with Crippen LogP contribution in [0.4, 0.5) is 5.69 Å². The van der Waals surface area contributed by atoms with Gasteiger partial charge >= 0.3 is 0 Å². The largest absolute Gasteiger partial charge is 0.323 e. The minimum atomic E-state index is -0.705. The second kappa shape index (κ2) is 6.19. The normalized spacial score (nSPS) is 11.9. The highest BCUT2D eigenvalue weighted by molar-refractivity contribution is 9.10. The summed E-state index contributed by atoms with van der Waals surface area (Å²) < 4.78 is 0.716. The van der Waals surface area contributed by atoms with Gasteiger partial charge in [-0.05, 0) is 39.7 Å². The Morgan fingerprint density at radius 1 is 1.21 bits per heavy atom. The van der Waals surface area contributed by atoms with Crippen LogP contribution in [-0.2, 0) is 4.79 Å². The molecule has 0 aromatic heterocycles. The molecular weight excluding hydrogens is 328 g/mol. The molecule has 0 saturated heterocycles. The lowest BCUT2D eigenvalue weighted by Crippen LogP contribution is -2.27. The molecule has 0 bridgehead atoms. The molecule has 3 N–H and O–H groups in total. The SMILES string of the molecule is N[C@H](C(=O)Nc1ccc(Cl)cc1Br)c1ccccc1. The summed E-state index contributed by atoms with van der Waals surface area (Å²) >= 11 is 9.19. The molecule has 0 unspecified atom stereocenters. The van der Waals surface area contributed by atoms with E-state index in [0.29, 0.717) is 15.2 Å². The summed E-state index contributed by atoms with van der Waals surface area (Å²) in [6.45, 7) is 0. The van der Waals surface area contributed by atoms with Crippen LogP contribution in [0.15, 0.2) is 53.0 Å². The molecule has 0 aliphatic rings. The molecule has 0 saturated carbocycles. The summed E-state index contributed by atoms with van der Waals surface area (Å²) in [6.07, 6.45) is 0. The molecule has 2 aromatic carbocycles. The molecule has 0 spiro atoms. The number of anilines is 1. The van der Waals surface area contributed by atoms with Gasteiger partial charge in [-0.1, -0.05) is 41.9 Å². The van der Waals surface area contributed by atoms with Gasteiger partial charge in [0.05, 0.1) is 5.69 Å². The topological polar surface area (TPSA) is 55.1 Å². The Bertz CT molecular complexity index is 589. The first-order valence-electron chi connectivity index (χ1n) is 5.64. The smallest absolute Gasteiger partial charge is 0.245 e. The van der Waals surface area contributed by atoms with Crippen molar-refractivity contribution in [1.82, 2.24) is 0 Å². The number of carbonyl (C=O) groups is 1. The number of amides is 1. The fraction of sp³-hybridized carbons (Fsp3) is 0.0714. The van der Waals surface area contributed by atoms with Crippen molar-refractivity contribution in [3.8, 4) is 0 Å². The number of hydrogen-bond acceptors (Lipinski definition) is 2. The molecule has 1 amide bonds. The van der Waals surface area contributed by atoms with Crippen LogP contribution in [0.5, 0.6) is 0 Å². The third-order valence-corrected chi connectivity index (χ3v) is 3.52. The summed E-state index contributed by atoms with van der Waals surface area (Å²) in [6, 6.07) is 13.7. The van der Waals surface area contributed by atoms with E-state index in [1.807, 2.05) is 30.3 Å². The molecule has 0 aliphatic carbocycles. The van der Waals surface area contributed by atoms with Gasteiger partial charge in [-0.3, -0.25) is 4.79 Å². The molecule has 0 fully saturated rings. The quantitative estimate of drug-likeness (QED) is 0.895. The highest BCUT2D eigenvalue weighted by atomic mass is 79.9. The van der Waals surface area contributed by atoms with Crippen molar-refractivity contribution in [2.75, 3.05) is 5.32 Å². The molecule has 98 valence electrons. The van der Waals surface area contributed by atoms with Gasteiger partial charge in [-0.15, -0.1) is 0 Å². The molecule has 2 aromatic rings. The maximum atomic E-state index is 12.1. The van der Waals surface area contributed by atoms with Crippen molar-refractivity contribution < 1.29 is 4.79 Å². The molecule has 5 heteroatoms. The second-order valence-corrected chi connectivity index (χ2v) is 5.29. The minimum absolute atomic E-state index is 0.269. The van der Waals surface area contributed by atoms with Gasteiger partial charge in [0.2, 0.25) is 5.91 Å². The Morgan fingerprint density at radius 2 is 1.89 bits per heavy atom. The number of nitrogens with two attached hydrogens (primary N) is 1. The van der Waals surface area contributed by atoms with Gasteiger partial charge in [0.1, 0.15) is 6.04 Å². The zero-order valence-corrected chi connectivity index (χ0v) is 12.3. The molecule has 3 nitrogen and oxygen atoms in total. The lowest BCUT2D eigenvalue weighted by molar-refractivity contribution is -0.117. The van der Waals surface area contributed by atoms with Gasteiger partial charge in [-0.25, -0.2) is 0 Å².